The van der Waals surface area contributed by atoms with Crippen LogP contribution in [0.3, 0.4) is 0 Å². The molecule has 0 aliphatic carbocycles. The molecule has 0 bridgehead atoms. The molecule has 6 nitrogen and oxygen atoms in total. The summed E-state index contributed by atoms with van der Waals surface area (Å²) in [6.45, 7) is 1.88. The molecule has 0 fully saturated rings. The third-order valence-corrected chi connectivity index (χ3v) is 6.93. The Morgan fingerprint density at radius 3 is 2.36 bits per heavy atom. The average Bonchev–Trinajstić information content (AvgIpc) is 3.27. The largest absolute Gasteiger partial charge is 0.243 e. The average molecular weight is 392 g/mol. The Morgan fingerprint density at radius 1 is 0.964 bits per heavy atom. The van der Waals surface area contributed by atoms with Gasteiger partial charge in [0, 0.05) is 13.1 Å². The highest BCUT2D eigenvalue weighted by Crippen LogP contribution is 2.28. The summed E-state index contributed by atoms with van der Waals surface area (Å²) in [6.07, 6.45) is 3.09. The molecule has 142 valence electrons. The van der Waals surface area contributed by atoms with E-state index in [9.17, 15) is 8.42 Å². The number of hydrogen-bond acceptors (Lipinski definition) is 4. The number of rotatable bonds is 5. The first kappa shape index (κ1) is 18.3. The zero-order chi connectivity index (χ0) is 19.7. The molecule has 1 unspecified atom stereocenters. The van der Waals surface area contributed by atoms with Gasteiger partial charge in [-0.3, -0.25) is 0 Å². The Balaban J connectivity index is 1.62. The number of nitrogens with zero attached hydrogens (tertiary/aromatic N) is 4. The van der Waals surface area contributed by atoms with Crippen molar-refractivity contribution in [3.63, 3.8) is 0 Å². The van der Waals surface area contributed by atoms with Crippen LogP contribution in [0, 0.1) is 0 Å². The molecule has 1 heterocycles. The highest BCUT2D eigenvalue weighted by Gasteiger charge is 2.26. The van der Waals surface area contributed by atoms with Gasteiger partial charge in [-0.25, -0.2) is 18.1 Å². The fourth-order valence-electron chi connectivity index (χ4n) is 3.16. The summed E-state index contributed by atoms with van der Waals surface area (Å²) in [5.74, 6) is 0. The van der Waals surface area contributed by atoms with Crippen LogP contribution in [-0.2, 0) is 10.0 Å². The van der Waals surface area contributed by atoms with E-state index in [1.807, 2.05) is 61.5 Å². The molecule has 4 rings (SSSR count). The van der Waals surface area contributed by atoms with E-state index in [0.717, 1.165) is 22.0 Å². The minimum Gasteiger partial charge on any atom is -0.223 e. The van der Waals surface area contributed by atoms with Crippen molar-refractivity contribution in [2.24, 2.45) is 0 Å². The van der Waals surface area contributed by atoms with E-state index in [1.165, 1.54) is 10.6 Å². The topological polar surface area (TPSA) is 68.1 Å². The molecule has 0 aliphatic heterocycles. The lowest BCUT2D eigenvalue weighted by Crippen LogP contribution is -2.29. The zero-order valence-corrected chi connectivity index (χ0v) is 16.4. The van der Waals surface area contributed by atoms with Gasteiger partial charge < -0.3 is 0 Å². The lowest BCUT2D eigenvalue weighted by atomic mass is 10.1. The monoisotopic (exact) mass is 392 g/mol. The molecule has 0 saturated heterocycles. The van der Waals surface area contributed by atoms with E-state index in [4.69, 9.17) is 0 Å². The molecule has 0 saturated carbocycles. The standard InChI is InChI=1S/C21H20N4O2S/c1-16(17-7-10-20(11-8-17)25-15-22-14-23-25)24(2)28(26,27)21-12-9-18-5-3-4-6-19(18)13-21/h3-16H,1-2H3. The molecule has 0 spiro atoms. The third-order valence-electron chi connectivity index (χ3n) is 5.00. The second kappa shape index (κ2) is 7.18. The van der Waals surface area contributed by atoms with Crippen molar-refractivity contribution < 1.29 is 8.42 Å². The van der Waals surface area contributed by atoms with Crippen LogP contribution in [0.1, 0.15) is 18.5 Å². The minimum atomic E-state index is -3.63. The van der Waals surface area contributed by atoms with E-state index in [2.05, 4.69) is 10.1 Å². The SMILES string of the molecule is CC(c1ccc(-n2cncn2)cc1)N(C)S(=O)(=O)c1ccc2ccccc2c1. The Hall–Kier alpha value is -3.03. The van der Waals surface area contributed by atoms with Gasteiger partial charge in [0.2, 0.25) is 10.0 Å². The molecular formula is C21H20N4O2S. The van der Waals surface area contributed by atoms with Gasteiger partial charge in [-0.1, -0.05) is 42.5 Å². The second-order valence-electron chi connectivity index (χ2n) is 6.64. The quantitative estimate of drug-likeness (QED) is 0.518. The molecule has 0 radical (unpaired) electrons. The zero-order valence-electron chi connectivity index (χ0n) is 15.6. The van der Waals surface area contributed by atoms with E-state index in [0.29, 0.717) is 4.90 Å². The lowest BCUT2D eigenvalue weighted by Gasteiger charge is -2.25. The summed E-state index contributed by atoms with van der Waals surface area (Å²) < 4.78 is 29.4. The van der Waals surface area contributed by atoms with Gasteiger partial charge in [0.25, 0.3) is 0 Å². The van der Waals surface area contributed by atoms with Crippen LogP contribution in [0.2, 0.25) is 0 Å². The smallest absolute Gasteiger partial charge is 0.223 e. The molecule has 28 heavy (non-hydrogen) atoms. The summed E-state index contributed by atoms with van der Waals surface area (Å²) in [6, 6.07) is 20.3. The molecule has 1 aromatic heterocycles. The Morgan fingerprint density at radius 2 is 1.68 bits per heavy atom. The highest BCUT2D eigenvalue weighted by molar-refractivity contribution is 7.89. The number of fused-ring (bicyclic) bond motifs is 1. The van der Waals surface area contributed by atoms with Gasteiger partial charge in [-0.15, -0.1) is 0 Å². The summed E-state index contributed by atoms with van der Waals surface area (Å²) in [5, 5.41) is 6.02. The van der Waals surface area contributed by atoms with E-state index in [1.54, 1.807) is 30.2 Å². The molecule has 0 amide bonds. The maximum Gasteiger partial charge on any atom is 0.243 e. The Labute approximate surface area is 164 Å². The third kappa shape index (κ3) is 3.30. The molecule has 7 heteroatoms. The maximum atomic E-state index is 13.1. The fourth-order valence-corrected chi connectivity index (χ4v) is 4.55. The number of hydrogen-bond donors (Lipinski definition) is 0. The molecule has 0 N–H and O–H groups in total. The van der Waals surface area contributed by atoms with Gasteiger partial charge in [-0.2, -0.15) is 9.40 Å². The lowest BCUT2D eigenvalue weighted by molar-refractivity contribution is 0.398. The van der Waals surface area contributed by atoms with Crippen LogP contribution in [-0.4, -0.2) is 34.5 Å². The predicted octanol–water partition coefficient (Wildman–Crippen LogP) is 3.80. The van der Waals surface area contributed by atoms with Crippen LogP contribution in [0.4, 0.5) is 0 Å². The normalized spacial score (nSPS) is 13.1. The van der Waals surface area contributed by atoms with Crippen molar-refractivity contribution in [1.29, 1.82) is 0 Å². The number of sulfonamides is 1. The van der Waals surface area contributed by atoms with E-state index in [-0.39, 0.29) is 6.04 Å². The van der Waals surface area contributed by atoms with Crippen molar-refractivity contribution in [3.05, 3.63) is 84.9 Å². The summed E-state index contributed by atoms with van der Waals surface area (Å²) in [4.78, 5) is 4.23. The predicted molar refractivity (Wildman–Crippen MR) is 109 cm³/mol. The summed E-state index contributed by atoms with van der Waals surface area (Å²) in [7, 11) is -2.01. The van der Waals surface area contributed by atoms with Crippen LogP contribution >= 0.6 is 0 Å². The van der Waals surface area contributed by atoms with Crippen LogP contribution in [0.15, 0.2) is 84.3 Å². The van der Waals surface area contributed by atoms with Crippen molar-refractivity contribution >= 4 is 20.8 Å². The highest BCUT2D eigenvalue weighted by atomic mass is 32.2. The van der Waals surface area contributed by atoms with E-state index < -0.39 is 10.0 Å². The number of aromatic nitrogens is 3. The Kier molecular flexibility index (Phi) is 4.70. The molecule has 0 aliphatic rings. The molecule has 4 aromatic rings. The first-order valence-electron chi connectivity index (χ1n) is 8.88. The maximum absolute atomic E-state index is 13.1. The molecular weight excluding hydrogens is 372 g/mol. The number of benzene rings is 3. The molecule has 1 atom stereocenters. The minimum absolute atomic E-state index is 0.291. The first-order valence-corrected chi connectivity index (χ1v) is 10.3. The van der Waals surface area contributed by atoms with Crippen molar-refractivity contribution in [2.75, 3.05) is 7.05 Å². The van der Waals surface area contributed by atoms with Gasteiger partial charge in [0.15, 0.2) is 0 Å². The molecule has 3 aromatic carbocycles. The Bertz CT molecular complexity index is 1200. The van der Waals surface area contributed by atoms with Gasteiger partial charge in [0.1, 0.15) is 12.7 Å². The van der Waals surface area contributed by atoms with E-state index >= 15 is 0 Å². The van der Waals surface area contributed by atoms with Gasteiger partial charge >= 0.3 is 0 Å². The van der Waals surface area contributed by atoms with Crippen molar-refractivity contribution in [1.82, 2.24) is 19.1 Å². The van der Waals surface area contributed by atoms with Gasteiger partial charge in [0.05, 0.1) is 10.6 Å². The van der Waals surface area contributed by atoms with Crippen LogP contribution < -0.4 is 0 Å². The fraction of sp³-hybridized carbons (Fsp3) is 0.143. The van der Waals surface area contributed by atoms with Crippen molar-refractivity contribution in [3.8, 4) is 5.69 Å². The van der Waals surface area contributed by atoms with Crippen LogP contribution in [0.5, 0.6) is 0 Å². The summed E-state index contributed by atoms with van der Waals surface area (Å²) in [5.41, 5.74) is 1.77. The van der Waals surface area contributed by atoms with Crippen LogP contribution in [0.25, 0.3) is 16.5 Å². The summed E-state index contributed by atoms with van der Waals surface area (Å²) >= 11 is 0. The van der Waals surface area contributed by atoms with Crippen molar-refractivity contribution in [2.45, 2.75) is 17.9 Å². The second-order valence-corrected chi connectivity index (χ2v) is 8.64. The van der Waals surface area contributed by atoms with Gasteiger partial charge in [-0.05, 0) is 47.5 Å². The first-order chi connectivity index (χ1) is 13.5.